The van der Waals surface area contributed by atoms with E-state index in [-0.39, 0.29) is 18.0 Å². The molecule has 3 aliphatic rings. The van der Waals surface area contributed by atoms with Gasteiger partial charge in [0.15, 0.2) is 0 Å². The lowest BCUT2D eigenvalue weighted by atomic mass is 10.1. The van der Waals surface area contributed by atoms with Gasteiger partial charge in [-0.05, 0) is 56.2 Å². The predicted molar refractivity (Wildman–Crippen MR) is 103 cm³/mol. The SMILES string of the molecule is C[C@H]1COc2ccc(CN(C3CC3)S(C)(=O)=O)cc2CN1C(=O)CC1CC1. The highest BCUT2D eigenvalue weighted by atomic mass is 32.2. The summed E-state index contributed by atoms with van der Waals surface area (Å²) in [6.07, 6.45) is 6.09. The first-order valence-corrected chi connectivity index (χ1v) is 11.7. The number of ether oxygens (including phenoxy) is 1. The van der Waals surface area contributed by atoms with Crippen molar-refractivity contribution in [3.05, 3.63) is 29.3 Å². The minimum Gasteiger partial charge on any atom is -0.491 e. The summed E-state index contributed by atoms with van der Waals surface area (Å²) < 4.78 is 31.7. The van der Waals surface area contributed by atoms with E-state index in [9.17, 15) is 13.2 Å². The Morgan fingerprint density at radius 1 is 1.26 bits per heavy atom. The third-order valence-corrected chi connectivity index (χ3v) is 6.96. The lowest BCUT2D eigenvalue weighted by Gasteiger charge is -2.26. The van der Waals surface area contributed by atoms with E-state index in [2.05, 4.69) is 0 Å². The molecule has 1 amide bonds. The van der Waals surface area contributed by atoms with Gasteiger partial charge in [0, 0.05) is 31.1 Å². The average Bonchev–Trinajstić information content (AvgIpc) is 3.47. The molecule has 6 nitrogen and oxygen atoms in total. The molecule has 0 N–H and O–H groups in total. The minimum absolute atomic E-state index is 0.0334. The number of fused-ring (bicyclic) bond motifs is 1. The van der Waals surface area contributed by atoms with Crippen LogP contribution >= 0.6 is 0 Å². The van der Waals surface area contributed by atoms with E-state index in [0.717, 1.165) is 42.6 Å². The summed E-state index contributed by atoms with van der Waals surface area (Å²) in [5.41, 5.74) is 1.91. The van der Waals surface area contributed by atoms with Gasteiger partial charge in [-0.25, -0.2) is 8.42 Å². The van der Waals surface area contributed by atoms with Crippen LogP contribution in [0.5, 0.6) is 5.75 Å². The van der Waals surface area contributed by atoms with Crippen molar-refractivity contribution in [2.75, 3.05) is 12.9 Å². The smallest absolute Gasteiger partial charge is 0.223 e. The molecule has 2 fully saturated rings. The van der Waals surface area contributed by atoms with Gasteiger partial charge in [0.25, 0.3) is 0 Å². The molecule has 0 radical (unpaired) electrons. The highest BCUT2D eigenvalue weighted by molar-refractivity contribution is 7.88. The number of hydrogen-bond donors (Lipinski definition) is 0. The Morgan fingerprint density at radius 3 is 2.63 bits per heavy atom. The summed E-state index contributed by atoms with van der Waals surface area (Å²) in [6.45, 7) is 3.41. The van der Waals surface area contributed by atoms with E-state index < -0.39 is 10.0 Å². The normalized spacial score (nSPS) is 22.9. The van der Waals surface area contributed by atoms with Crippen LogP contribution < -0.4 is 4.74 Å². The van der Waals surface area contributed by atoms with Crippen LogP contribution in [0, 0.1) is 5.92 Å². The molecule has 148 valence electrons. The van der Waals surface area contributed by atoms with E-state index in [0.29, 0.717) is 32.0 Å². The number of amides is 1. The van der Waals surface area contributed by atoms with Crippen molar-refractivity contribution in [2.24, 2.45) is 5.92 Å². The number of benzene rings is 1. The molecule has 0 bridgehead atoms. The van der Waals surface area contributed by atoms with Gasteiger partial charge in [0.1, 0.15) is 12.4 Å². The third-order valence-electron chi connectivity index (χ3n) is 5.68. The number of carbonyl (C=O) groups is 1. The standard InChI is InChI=1S/C20H28N2O4S/c1-14-13-26-19-8-5-16(11-22(18-6-7-18)27(2,24)25)9-17(19)12-21(14)20(23)10-15-3-4-15/h5,8-9,14-15,18H,3-4,6-7,10-13H2,1-2H3/t14-/m0/s1. The lowest BCUT2D eigenvalue weighted by Crippen LogP contribution is -2.40. The van der Waals surface area contributed by atoms with Crippen LogP contribution in [0.3, 0.4) is 0 Å². The highest BCUT2D eigenvalue weighted by Crippen LogP contribution is 2.35. The Hall–Kier alpha value is -1.60. The van der Waals surface area contributed by atoms with Gasteiger partial charge < -0.3 is 9.64 Å². The maximum absolute atomic E-state index is 12.7. The molecule has 0 unspecified atom stereocenters. The number of carbonyl (C=O) groups excluding carboxylic acids is 1. The summed E-state index contributed by atoms with van der Waals surface area (Å²) in [4.78, 5) is 14.6. The predicted octanol–water partition coefficient (Wildman–Crippen LogP) is 2.52. The van der Waals surface area contributed by atoms with Gasteiger partial charge in [-0.3, -0.25) is 4.79 Å². The Kier molecular flexibility index (Phi) is 4.93. The molecule has 0 aromatic heterocycles. The van der Waals surface area contributed by atoms with Crippen molar-refractivity contribution < 1.29 is 17.9 Å². The van der Waals surface area contributed by atoms with Crippen molar-refractivity contribution in [3.63, 3.8) is 0 Å². The van der Waals surface area contributed by atoms with Crippen LogP contribution in [0.4, 0.5) is 0 Å². The van der Waals surface area contributed by atoms with E-state index in [1.165, 1.54) is 6.26 Å². The van der Waals surface area contributed by atoms with Crippen LogP contribution in [0.1, 0.15) is 50.2 Å². The van der Waals surface area contributed by atoms with Crippen LogP contribution in [0.25, 0.3) is 0 Å². The second-order valence-electron chi connectivity index (χ2n) is 8.31. The van der Waals surface area contributed by atoms with Gasteiger partial charge in [-0.2, -0.15) is 4.31 Å². The number of rotatable bonds is 6. The molecular weight excluding hydrogens is 364 g/mol. The van der Waals surface area contributed by atoms with E-state index in [4.69, 9.17) is 4.74 Å². The van der Waals surface area contributed by atoms with E-state index in [1.54, 1.807) is 4.31 Å². The molecule has 2 saturated carbocycles. The molecule has 1 aromatic rings. The molecule has 27 heavy (non-hydrogen) atoms. The number of sulfonamides is 1. The molecule has 0 spiro atoms. The van der Waals surface area contributed by atoms with Gasteiger partial charge in [0.2, 0.25) is 15.9 Å². The number of hydrogen-bond acceptors (Lipinski definition) is 4. The zero-order valence-electron chi connectivity index (χ0n) is 16.1. The molecule has 7 heteroatoms. The largest absolute Gasteiger partial charge is 0.491 e. The van der Waals surface area contributed by atoms with Gasteiger partial charge in [-0.1, -0.05) is 6.07 Å². The molecule has 1 atom stereocenters. The van der Waals surface area contributed by atoms with Gasteiger partial charge in [0.05, 0.1) is 12.3 Å². The van der Waals surface area contributed by atoms with E-state index >= 15 is 0 Å². The topological polar surface area (TPSA) is 66.9 Å². The Bertz CT molecular complexity index is 830. The average molecular weight is 393 g/mol. The highest BCUT2D eigenvalue weighted by Gasteiger charge is 2.35. The van der Waals surface area contributed by atoms with Crippen LogP contribution in [0.15, 0.2) is 18.2 Å². The molecule has 1 heterocycles. The molecule has 0 saturated heterocycles. The Morgan fingerprint density at radius 2 is 2.00 bits per heavy atom. The van der Waals surface area contributed by atoms with Crippen LogP contribution in [-0.4, -0.2) is 48.5 Å². The maximum Gasteiger partial charge on any atom is 0.223 e. The molecule has 1 aromatic carbocycles. The number of nitrogens with zero attached hydrogens (tertiary/aromatic N) is 2. The van der Waals surface area contributed by atoms with Crippen molar-refractivity contribution >= 4 is 15.9 Å². The quantitative estimate of drug-likeness (QED) is 0.746. The minimum atomic E-state index is -3.23. The maximum atomic E-state index is 12.7. The molecule has 4 rings (SSSR count). The second-order valence-corrected chi connectivity index (χ2v) is 10.2. The first-order chi connectivity index (χ1) is 12.8. The van der Waals surface area contributed by atoms with Gasteiger partial charge >= 0.3 is 0 Å². The monoisotopic (exact) mass is 392 g/mol. The summed E-state index contributed by atoms with van der Waals surface area (Å²) in [5, 5.41) is 0. The van der Waals surface area contributed by atoms with Crippen molar-refractivity contribution in [2.45, 2.75) is 64.2 Å². The third kappa shape index (κ3) is 4.46. The molecule has 1 aliphatic heterocycles. The van der Waals surface area contributed by atoms with Crippen LogP contribution in [0.2, 0.25) is 0 Å². The van der Waals surface area contributed by atoms with Gasteiger partial charge in [-0.15, -0.1) is 0 Å². The van der Waals surface area contributed by atoms with Crippen molar-refractivity contribution in [1.82, 2.24) is 9.21 Å². The molecular formula is C20H28N2O4S. The van der Waals surface area contributed by atoms with Crippen LogP contribution in [-0.2, 0) is 27.9 Å². The molecule has 2 aliphatic carbocycles. The van der Waals surface area contributed by atoms with Crippen molar-refractivity contribution in [1.29, 1.82) is 0 Å². The fourth-order valence-electron chi connectivity index (χ4n) is 3.71. The lowest BCUT2D eigenvalue weighted by molar-refractivity contribution is -0.134. The fraction of sp³-hybridized carbons (Fsp3) is 0.650. The summed E-state index contributed by atoms with van der Waals surface area (Å²) in [7, 11) is -3.23. The fourth-order valence-corrected chi connectivity index (χ4v) is 4.85. The van der Waals surface area contributed by atoms with Crippen molar-refractivity contribution in [3.8, 4) is 5.75 Å². The second kappa shape index (κ2) is 7.09. The zero-order valence-corrected chi connectivity index (χ0v) is 16.9. The Balaban J connectivity index is 1.54. The first kappa shape index (κ1) is 18.7. The first-order valence-electron chi connectivity index (χ1n) is 9.82. The summed E-state index contributed by atoms with van der Waals surface area (Å²) >= 11 is 0. The zero-order chi connectivity index (χ0) is 19.2. The Labute approximate surface area is 161 Å². The summed E-state index contributed by atoms with van der Waals surface area (Å²) in [5.74, 6) is 1.55. The van der Waals surface area contributed by atoms with E-state index in [1.807, 2.05) is 30.0 Å². The summed E-state index contributed by atoms with van der Waals surface area (Å²) in [6, 6.07) is 6.02.